The molecule has 0 unspecified atom stereocenters. The lowest BCUT2D eigenvalue weighted by atomic mass is 9.76. The van der Waals surface area contributed by atoms with Crippen LogP contribution in [0.3, 0.4) is 0 Å². The fourth-order valence-corrected chi connectivity index (χ4v) is 5.22. The van der Waals surface area contributed by atoms with Gasteiger partial charge in [0.15, 0.2) is 12.4 Å². The molecule has 5 rings (SSSR count). The maximum Gasteiger partial charge on any atom is 0.387 e. The molecule has 11 heteroatoms. The minimum atomic E-state index is -2.98. The molecule has 0 N–H and O–H groups in total. The molecule has 0 amide bonds. The zero-order valence-electron chi connectivity index (χ0n) is 23.2. The van der Waals surface area contributed by atoms with Gasteiger partial charge in [0.2, 0.25) is 0 Å². The molecule has 0 saturated heterocycles. The summed E-state index contributed by atoms with van der Waals surface area (Å²) in [4.78, 5) is 0. The van der Waals surface area contributed by atoms with Crippen molar-refractivity contribution >= 4 is 11.0 Å². The summed E-state index contributed by atoms with van der Waals surface area (Å²) in [6.45, 7) is 1.21. The number of benzene rings is 2. The largest absolute Gasteiger partial charge is 0.497 e. The number of rotatable bonds is 11. The minimum Gasteiger partial charge on any atom is -0.497 e. The van der Waals surface area contributed by atoms with Gasteiger partial charge in [0, 0.05) is 36.4 Å². The molecule has 0 aliphatic heterocycles. The Kier molecular flexibility index (Phi) is 8.06. The summed E-state index contributed by atoms with van der Waals surface area (Å²) in [5, 5.41) is 19.5. The predicted octanol–water partition coefficient (Wildman–Crippen LogP) is 6.18. The third-order valence-electron chi connectivity index (χ3n) is 7.26. The molecule has 0 bridgehead atoms. The van der Waals surface area contributed by atoms with Crippen molar-refractivity contribution in [3.05, 3.63) is 65.4 Å². The van der Waals surface area contributed by atoms with Crippen LogP contribution in [0.25, 0.3) is 22.3 Å². The van der Waals surface area contributed by atoms with Gasteiger partial charge in [0.1, 0.15) is 23.3 Å². The highest BCUT2D eigenvalue weighted by Crippen LogP contribution is 2.46. The zero-order chi connectivity index (χ0) is 29.1. The van der Waals surface area contributed by atoms with E-state index in [9.17, 15) is 14.0 Å². The van der Waals surface area contributed by atoms with Crippen LogP contribution < -0.4 is 14.2 Å². The van der Waals surface area contributed by atoms with E-state index in [4.69, 9.17) is 18.9 Å². The van der Waals surface area contributed by atoms with Gasteiger partial charge >= 0.3 is 6.61 Å². The Morgan fingerprint density at radius 3 is 2.51 bits per heavy atom. The van der Waals surface area contributed by atoms with Crippen LogP contribution in [0, 0.1) is 18.3 Å². The van der Waals surface area contributed by atoms with Gasteiger partial charge in [-0.05, 0) is 62.1 Å². The summed E-state index contributed by atoms with van der Waals surface area (Å²) < 4.78 is 54.4. The third-order valence-corrected chi connectivity index (χ3v) is 7.26. The number of hydrogen-bond acceptors (Lipinski definition) is 8. The molecule has 9 nitrogen and oxygen atoms in total. The van der Waals surface area contributed by atoms with E-state index in [-0.39, 0.29) is 29.9 Å². The van der Waals surface area contributed by atoms with Crippen molar-refractivity contribution in [1.82, 2.24) is 14.8 Å². The van der Waals surface area contributed by atoms with Crippen molar-refractivity contribution in [2.75, 3.05) is 21.0 Å². The molecule has 2 heterocycles. The van der Waals surface area contributed by atoms with Crippen molar-refractivity contribution in [2.45, 2.75) is 51.6 Å². The standard InChI is InChI=1S/C30H30F2N4O5/c1-18-9-23(41-29(31)32)10-26(39-17-37-3)27(18)25-11-24-20(14-33)15-36(28(24)35-34-25)21-12-30(2,13-21)40-16-19-5-7-22(38-4)8-6-19/h5-11,15,21,29H,12-13,16-17H2,1-4H3. The van der Waals surface area contributed by atoms with Crippen molar-refractivity contribution in [2.24, 2.45) is 0 Å². The number of fused-ring (bicyclic) bond motifs is 1. The first kappa shape index (κ1) is 28.3. The van der Waals surface area contributed by atoms with E-state index < -0.39 is 6.61 Å². The van der Waals surface area contributed by atoms with E-state index in [0.717, 1.165) is 24.2 Å². The lowest BCUT2D eigenvalue weighted by Crippen LogP contribution is -2.44. The van der Waals surface area contributed by atoms with Crippen LogP contribution >= 0.6 is 0 Å². The quantitative estimate of drug-likeness (QED) is 0.199. The summed E-state index contributed by atoms with van der Waals surface area (Å²) in [6.07, 6.45) is 3.30. The van der Waals surface area contributed by atoms with Crippen LogP contribution in [0.4, 0.5) is 8.78 Å². The average Bonchev–Trinajstić information content (AvgIpc) is 3.30. The molecular formula is C30H30F2N4O5. The first-order chi connectivity index (χ1) is 19.7. The van der Waals surface area contributed by atoms with Crippen molar-refractivity contribution in [3.8, 4) is 34.6 Å². The molecule has 1 aliphatic carbocycles. The van der Waals surface area contributed by atoms with Crippen LogP contribution in [-0.2, 0) is 16.1 Å². The molecular weight excluding hydrogens is 534 g/mol. The number of halogens is 2. The Morgan fingerprint density at radius 2 is 1.85 bits per heavy atom. The third kappa shape index (κ3) is 5.94. The summed E-state index contributed by atoms with van der Waals surface area (Å²) in [5.41, 5.74) is 3.35. The summed E-state index contributed by atoms with van der Waals surface area (Å²) >= 11 is 0. The molecule has 2 aromatic heterocycles. The van der Waals surface area contributed by atoms with Crippen LogP contribution in [0.1, 0.15) is 42.5 Å². The summed E-state index contributed by atoms with van der Waals surface area (Å²) in [5.74, 6) is 0.998. The molecule has 1 aliphatic rings. The molecule has 4 aromatic rings. The van der Waals surface area contributed by atoms with E-state index in [1.165, 1.54) is 19.2 Å². The topological polar surface area (TPSA) is 101 Å². The predicted molar refractivity (Wildman–Crippen MR) is 146 cm³/mol. The fraction of sp³-hybridized carbons (Fsp3) is 0.367. The Bertz CT molecular complexity index is 1580. The second-order valence-corrected chi connectivity index (χ2v) is 10.2. The number of hydrogen-bond donors (Lipinski definition) is 0. The highest BCUT2D eigenvalue weighted by Gasteiger charge is 2.43. The summed E-state index contributed by atoms with van der Waals surface area (Å²) in [7, 11) is 3.09. The van der Waals surface area contributed by atoms with Gasteiger partial charge in [-0.3, -0.25) is 0 Å². The minimum absolute atomic E-state index is 0.0486. The Balaban J connectivity index is 1.39. The normalized spacial score (nSPS) is 18.2. The van der Waals surface area contributed by atoms with Gasteiger partial charge in [-0.15, -0.1) is 10.2 Å². The number of methoxy groups -OCH3 is 2. The number of nitrogens with zero attached hydrogens (tertiary/aromatic N) is 4. The maximum atomic E-state index is 12.9. The number of aromatic nitrogens is 3. The molecule has 0 radical (unpaired) electrons. The van der Waals surface area contributed by atoms with Gasteiger partial charge in [0.25, 0.3) is 0 Å². The fourth-order valence-electron chi connectivity index (χ4n) is 5.22. The van der Waals surface area contributed by atoms with Gasteiger partial charge in [-0.2, -0.15) is 14.0 Å². The van der Waals surface area contributed by atoms with Gasteiger partial charge in [-0.1, -0.05) is 12.1 Å². The Morgan fingerprint density at radius 1 is 1.10 bits per heavy atom. The van der Waals surface area contributed by atoms with Crippen LogP contribution in [0.2, 0.25) is 0 Å². The first-order valence-electron chi connectivity index (χ1n) is 13.0. The van der Waals surface area contributed by atoms with Gasteiger partial charge < -0.3 is 28.3 Å². The van der Waals surface area contributed by atoms with Crippen molar-refractivity contribution < 1.29 is 32.5 Å². The lowest BCUT2D eigenvalue weighted by molar-refractivity contribution is -0.118. The smallest absolute Gasteiger partial charge is 0.387 e. The van der Waals surface area contributed by atoms with Crippen molar-refractivity contribution in [3.63, 3.8) is 0 Å². The van der Waals surface area contributed by atoms with Crippen LogP contribution in [-0.4, -0.2) is 48.0 Å². The van der Waals surface area contributed by atoms with E-state index in [2.05, 4.69) is 27.9 Å². The zero-order valence-corrected chi connectivity index (χ0v) is 23.2. The number of ether oxygens (including phenoxy) is 5. The van der Waals surface area contributed by atoms with Crippen molar-refractivity contribution in [1.29, 1.82) is 5.26 Å². The molecule has 214 valence electrons. The molecule has 41 heavy (non-hydrogen) atoms. The average molecular weight is 565 g/mol. The molecule has 1 fully saturated rings. The second kappa shape index (κ2) is 11.7. The van der Waals surface area contributed by atoms with Crippen LogP contribution in [0.5, 0.6) is 17.2 Å². The van der Waals surface area contributed by atoms with Gasteiger partial charge in [0.05, 0.1) is 30.6 Å². The van der Waals surface area contributed by atoms with Crippen LogP contribution in [0.15, 0.2) is 48.7 Å². The molecule has 1 saturated carbocycles. The second-order valence-electron chi connectivity index (χ2n) is 10.2. The molecule has 0 spiro atoms. The number of nitriles is 1. The SMILES string of the molecule is COCOc1cc(OC(F)F)cc(C)c1-c1cc2c(C#N)cn(C3CC(C)(OCc4ccc(OC)cc4)C3)c2nn1. The van der Waals surface area contributed by atoms with E-state index >= 15 is 0 Å². The Hall–Kier alpha value is -4.27. The highest BCUT2D eigenvalue weighted by molar-refractivity contribution is 5.87. The maximum absolute atomic E-state index is 12.9. The van der Waals surface area contributed by atoms with E-state index in [1.807, 2.05) is 28.8 Å². The first-order valence-corrected chi connectivity index (χ1v) is 13.0. The molecule has 0 atom stereocenters. The molecule has 2 aromatic carbocycles. The monoisotopic (exact) mass is 564 g/mol. The lowest BCUT2D eigenvalue weighted by Gasteiger charge is -2.45. The van der Waals surface area contributed by atoms with E-state index in [1.54, 1.807) is 26.3 Å². The van der Waals surface area contributed by atoms with E-state index in [0.29, 0.717) is 40.0 Å². The summed E-state index contributed by atoms with van der Waals surface area (Å²) in [6, 6.07) is 14.7. The van der Waals surface area contributed by atoms with Gasteiger partial charge in [-0.25, -0.2) is 0 Å². The Labute approximate surface area is 236 Å². The number of alkyl halides is 2. The number of aryl methyl sites for hydroxylation is 1. The highest BCUT2D eigenvalue weighted by atomic mass is 19.3.